The van der Waals surface area contributed by atoms with Crippen molar-refractivity contribution in [3.8, 4) is 0 Å². The topological polar surface area (TPSA) is 111 Å². The Hall–Kier alpha value is -3.53. The molecule has 0 radical (unpaired) electrons. The van der Waals surface area contributed by atoms with Crippen molar-refractivity contribution in [2.75, 3.05) is 13.2 Å². The van der Waals surface area contributed by atoms with Crippen LogP contribution >= 0.6 is 0 Å². The standard InChI is InChI=1S/C19H18N4O6/c1-3-22-14(24)10-28-16(15(22)11-8-20-21(2)9-11)19(27)29-23-17(25)12-6-4-5-7-13(12)18(23)26/h4-9,15-16H,3,10H2,1-2H3/t15-,16+/m1/s1. The molecule has 0 aliphatic carbocycles. The second-order valence-electron chi connectivity index (χ2n) is 6.66. The first kappa shape index (κ1) is 18.8. The Morgan fingerprint density at radius 1 is 1.21 bits per heavy atom. The fourth-order valence-corrected chi connectivity index (χ4v) is 3.56. The van der Waals surface area contributed by atoms with Gasteiger partial charge in [-0.1, -0.05) is 17.2 Å². The molecule has 3 amide bonds. The molecule has 2 aromatic rings. The Kier molecular flexibility index (Phi) is 4.63. The summed E-state index contributed by atoms with van der Waals surface area (Å²) in [5.41, 5.74) is 0.889. The first-order valence-electron chi connectivity index (χ1n) is 9.01. The zero-order valence-corrected chi connectivity index (χ0v) is 15.8. The molecule has 10 heteroatoms. The Morgan fingerprint density at radius 3 is 2.41 bits per heavy atom. The average Bonchev–Trinajstić information content (AvgIpc) is 3.25. The summed E-state index contributed by atoms with van der Waals surface area (Å²) >= 11 is 0. The number of morpholine rings is 1. The summed E-state index contributed by atoms with van der Waals surface area (Å²) in [6.07, 6.45) is 1.97. The van der Waals surface area contributed by atoms with Crippen molar-refractivity contribution in [1.82, 2.24) is 19.7 Å². The second kappa shape index (κ2) is 7.13. The molecule has 4 rings (SSSR count). The van der Waals surface area contributed by atoms with Gasteiger partial charge in [-0.05, 0) is 19.1 Å². The summed E-state index contributed by atoms with van der Waals surface area (Å²) in [7, 11) is 1.71. The van der Waals surface area contributed by atoms with Crippen molar-refractivity contribution in [1.29, 1.82) is 0 Å². The molecule has 2 atom stereocenters. The molecule has 3 heterocycles. The number of nitrogens with zero attached hydrogens (tertiary/aromatic N) is 4. The highest BCUT2D eigenvalue weighted by atomic mass is 16.7. The first-order chi connectivity index (χ1) is 13.9. The number of ether oxygens (including phenoxy) is 1. The van der Waals surface area contributed by atoms with E-state index in [-0.39, 0.29) is 23.6 Å². The number of fused-ring (bicyclic) bond motifs is 1. The fourth-order valence-electron chi connectivity index (χ4n) is 3.56. The van der Waals surface area contributed by atoms with Crippen LogP contribution < -0.4 is 0 Å². The van der Waals surface area contributed by atoms with Crippen molar-refractivity contribution >= 4 is 23.7 Å². The molecule has 1 saturated heterocycles. The number of benzene rings is 1. The van der Waals surface area contributed by atoms with Gasteiger partial charge in [-0.15, -0.1) is 0 Å². The summed E-state index contributed by atoms with van der Waals surface area (Å²) in [4.78, 5) is 56.7. The summed E-state index contributed by atoms with van der Waals surface area (Å²) in [6.45, 7) is 1.80. The molecular formula is C19H18N4O6. The van der Waals surface area contributed by atoms with E-state index in [0.29, 0.717) is 17.2 Å². The molecular weight excluding hydrogens is 380 g/mol. The molecule has 2 aliphatic heterocycles. The van der Waals surface area contributed by atoms with E-state index < -0.39 is 29.9 Å². The lowest BCUT2D eigenvalue weighted by Crippen LogP contribution is -2.53. The van der Waals surface area contributed by atoms with Crippen molar-refractivity contribution < 1.29 is 28.8 Å². The second-order valence-corrected chi connectivity index (χ2v) is 6.66. The van der Waals surface area contributed by atoms with Crippen molar-refractivity contribution in [2.45, 2.75) is 19.1 Å². The lowest BCUT2D eigenvalue weighted by atomic mass is 10.0. The third-order valence-corrected chi connectivity index (χ3v) is 4.91. The van der Waals surface area contributed by atoms with Crippen LogP contribution in [-0.4, -0.2) is 62.7 Å². The van der Waals surface area contributed by atoms with Gasteiger partial charge in [0, 0.05) is 25.4 Å². The van der Waals surface area contributed by atoms with Gasteiger partial charge in [-0.2, -0.15) is 5.10 Å². The van der Waals surface area contributed by atoms with E-state index in [4.69, 9.17) is 9.57 Å². The Morgan fingerprint density at radius 2 is 1.86 bits per heavy atom. The molecule has 0 unspecified atom stereocenters. The van der Waals surface area contributed by atoms with Gasteiger partial charge < -0.3 is 14.5 Å². The number of aromatic nitrogens is 2. The molecule has 2 aliphatic rings. The number of hydroxylamine groups is 2. The minimum atomic E-state index is -1.22. The minimum Gasteiger partial charge on any atom is -0.354 e. The average molecular weight is 398 g/mol. The number of amides is 3. The summed E-state index contributed by atoms with van der Waals surface area (Å²) < 4.78 is 7.00. The predicted octanol–water partition coefficient (Wildman–Crippen LogP) is 0.463. The largest absolute Gasteiger partial charge is 0.364 e. The molecule has 0 spiro atoms. The van der Waals surface area contributed by atoms with Crippen LogP contribution in [0.1, 0.15) is 39.2 Å². The van der Waals surface area contributed by atoms with Gasteiger partial charge in [0.2, 0.25) is 5.91 Å². The highest BCUT2D eigenvalue weighted by Gasteiger charge is 2.46. The van der Waals surface area contributed by atoms with Gasteiger partial charge in [-0.25, -0.2) is 4.79 Å². The van der Waals surface area contributed by atoms with E-state index in [9.17, 15) is 19.2 Å². The van der Waals surface area contributed by atoms with Crippen LogP contribution in [0.2, 0.25) is 0 Å². The fraction of sp³-hybridized carbons (Fsp3) is 0.316. The molecule has 0 saturated carbocycles. The van der Waals surface area contributed by atoms with Gasteiger partial charge in [0.05, 0.1) is 23.4 Å². The van der Waals surface area contributed by atoms with Crippen LogP contribution in [0.15, 0.2) is 36.7 Å². The summed E-state index contributed by atoms with van der Waals surface area (Å²) in [5.74, 6) is -2.68. The van der Waals surface area contributed by atoms with Gasteiger partial charge in [0.1, 0.15) is 6.61 Å². The van der Waals surface area contributed by atoms with Crippen molar-refractivity contribution in [2.24, 2.45) is 7.05 Å². The maximum Gasteiger partial charge on any atom is 0.364 e. The number of carbonyl (C=O) groups is 4. The van der Waals surface area contributed by atoms with Gasteiger partial charge in [-0.3, -0.25) is 19.1 Å². The highest BCUT2D eigenvalue weighted by Crippen LogP contribution is 2.31. The molecule has 1 aromatic heterocycles. The molecule has 150 valence electrons. The molecule has 1 aromatic carbocycles. The van der Waals surface area contributed by atoms with Crippen LogP contribution in [0.3, 0.4) is 0 Å². The van der Waals surface area contributed by atoms with Crippen LogP contribution in [-0.2, 0) is 26.2 Å². The monoisotopic (exact) mass is 398 g/mol. The number of hydrogen-bond acceptors (Lipinski definition) is 7. The Bertz CT molecular complexity index is 981. The predicted molar refractivity (Wildman–Crippen MR) is 96.1 cm³/mol. The smallest absolute Gasteiger partial charge is 0.354 e. The van der Waals surface area contributed by atoms with Gasteiger partial charge in [0.15, 0.2) is 6.10 Å². The number of imide groups is 1. The number of rotatable bonds is 4. The molecule has 0 N–H and O–H groups in total. The minimum absolute atomic E-state index is 0.157. The number of aryl methyl sites for hydroxylation is 1. The van der Waals surface area contributed by atoms with E-state index in [1.165, 1.54) is 27.9 Å². The quantitative estimate of drug-likeness (QED) is 0.688. The third kappa shape index (κ3) is 3.07. The first-order valence-corrected chi connectivity index (χ1v) is 9.01. The van der Waals surface area contributed by atoms with Crippen molar-refractivity contribution in [3.63, 3.8) is 0 Å². The van der Waals surface area contributed by atoms with Gasteiger partial charge >= 0.3 is 5.97 Å². The van der Waals surface area contributed by atoms with Gasteiger partial charge in [0.25, 0.3) is 11.8 Å². The van der Waals surface area contributed by atoms with Crippen LogP contribution in [0, 0.1) is 0 Å². The SMILES string of the molecule is CCN1C(=O)CO[C@H](C(=O)ON2C(=O)c3ccccc3C2=O)[C@H]1c1cnn(C)c1. The molecule has 29 heavy (non-hydrogen) atoms. The van der Waals surface area contributed by atoms with Crippen LogP contribution in [0.5, 0.6) is 0 Å². The lowest BCUT2D eigenvalue weighted by Gasteiger charge is -2.38. The normalized spacial score (nSPS) is 21.5. The van der Waals surface area contributed by atoms with E-state index in [1.54, 1.807) is 32.3 Å². The van der Waals surface area contributed by atoms with Crippen molar-refractivity contribution in [3.05, 3.63) is 53.3 Å². The Labute approximate surface area is 165 Å². The van der Waals surface area contributed by atoms with E-state index in [2.05, 4.69) is 5.10 Å². The zero-order valence-electron chi connectivity index (χ0n) is 15.8. The highest BCUT2D eigenvalue weighted by molar-refractivity contribution is 6.20. The zero-order chi connectivity index (χ0) is 20.7. The molecule has 10 nitrogen and oxygen atoms in total. The van der Waals surface area contributed by atoms with E-state index in [0.717, 1.165) is 0 Å². The third-order valence-electron chi connectivity index (χ3n) is 4.91. The van der Waals surface area contributed by atoms with E-state index >= 15 is 0 Å². The Balaban J connectivity index is 1.61. The van der Waals surface area contributed by atoms with Crippen LogP contribution in [0.25, 0.3) is 0 Å². The maximum atomic E-state index is 12.9. The molecule has 1 fully saturated rings. The summed E-state index contributed by atoms with van der Waals surface area (Å²) in [6, 6.07) is 5.40. The van der Waals surface area contributed by atoms with E-state index in [1.807, 2.05) is 0 Å². The number of hydrogen-bond donors (Lipinski definition) is 0. The number of likely N-dealkylation sites (N-methyl/N-ethyl adjacent to an activating group) is 1. The number of carbonyl (C=O) groups excluding carboxylic acids is 4. The lowest BCUT2D eigenvalue weighted by molar-refractivity contribution is -0.194. The maximum absolute atomic E-state index is 12.9. The van der Waals surface area contributed by atoms with Crippen LogP contribution in [0.4, 0.5) is 0 Å². The summed E-state index contributed by atoms with van der Waals surface area (Å²) in [5, 5.41) is 4.52. The molecule has 0 bridgehead atoms.